The molecule has 0 aromatic heterocycles. The first-order chi connectivity index (χ1) is 71.1. The predicted molar refractivity (Wildman–Crippen MR) is 611 cm³/mol. The van der Waals surface area contributed by atoms with Gasteiger partial charge in [-0.3, -0.25) is 0 Å². The number of unbranched alkanes of at least 4 members (excludes halogenated alkanes) is 48. The predicted octanol–water partition coefficient (Wildman–Crippen LogP) is 39.1. The Kier molecular flexibility index (Phi) is 68.4. The molecule has 0 amide bonds. The molecular weight excluding hydrogens is 1780 g/mol. The number of ether oxygens (including phenoxy) is 12. The third-order valence-electron chi connectivity index (χ3n) is 27.1. The van der Waals surface area contributed by atoms with Gasteiger partial charge >= 0.3 is 0 Å². The van der Waals surface area contributed by atoms with E-state index in [1.807, 2.05) is 0 Å². The molecule has 7 aromatic carbocycles. The van der Waals surface area contributed by atoms with Crippen molar-refractivity contribution in [3.63, 3.8) is 0 Å². The fourth-order valence-corrected chi connectivity index (χ4v) is 18.0. The maximum Gasteiger partial charge on any atom is 0.162 e. The van der Waals surface area contributed by atoms with Crippen LogP contribution in [-0.2, 0) is 0 Å². The van der Waals surface area contributed by atoms with Gasteiger partial charge in [-0.15, -0.1) is 0 Å². The molecule has 0 aliphatic carbocycles. The first-order valence-corrected chi connectivity index (χ1v) is 59.3. The summed E-state index contributed by atoms with van der Waals surface area (Å²) in [5.41, 5.74) is 9.06. The molecule has 12 nitrogen and oxygen atoms in total. The molecule has 0 aliphatic rings. The van der Waals surface area contributed by atoms with Gasteiger partial charge in [0.15, 0.2) is 69.0 Å². The average Bonchev–Trinajstić information content (AvgIpc) is 0.727. The first kappa shape index (κ1) is 122. The van der Waals surface area contributed by atoms with E-state index in [0.29, 0.717) is 148 Å². The van der Waals surface area contributed by atoms with Gasteiger partial charge in [-0.05, 0) is 185 Å². The Hall–Kier alpha value is -9.18. The molecule has 0 saturated heterocycles. The van der Waals surface area contributed by atoms with E-state index in [2.05, 4.69) is 228 Å². The van der Waals surface area contributed by atoms with Crippen molar-refractivity contribution >= 4 is 0 Å². The summed E-state index contributed by atoms with van der Waals surface area (Å²) in [4.78, 5) is 0. The highest BCUT2D eigenvalue weighted by Crippen LogP contribution is 2.50. The summed E-state index contributed by atoms with van der Waals surface area (Å²) >= 11 is 0. The molecule has 0 heterocycles. The molecule has 0 radical (unpaired) electrons. The molecule has 0 aliphatic heterocycles. The van der Waals surface area contributed by atoms with Crippen molar-refractivity contribution in [2.45, 2.75) is 468 Å². The first-order valence-electron chi connectivity index (χ1n) is 59.3. The van der Waals surface area contributed by atoms with Crippen molar-refractivity contribution in [3.05, 3.63) is 143 Å². The number of rotatable bonds is 87. The van der Waals surface area contributed by atoms with Gasteiger partial charge in [0.05, 0.1) is 79.3 Å². The molecule has 7 aromatic rings. The van der Waals surface area contributed by atoms with Crippen LogP contribution >= 0.6 is 0 Å². The van der Waals surface area contributed by atoms with Gasteiger partial charge in [0.1, 0.15) is 0 Å². The van der Waals surface area contributed by atoms with Crippen LogP contribution in [0.1, 0.15) is 502 Å². The molecule has 144 heavy (non-hydrogen) atoms. The van der Waals surface area contributed by atoms with Gasteiger partial charge in [-0.2, -0.15) is 0 Å². The number of hydrogen-bond acceptors (Lipinski definition) is 12. The minimum Gasteiger partial charge on any atom is -0.490 e. The zero-order valence-electron chi connectivity index (χ0n) is 93.2. The zero-order chi connectivity index (χ0) is 102. The molecule has 0 bridgehead atoms. The summed E-state index contributed by atoms with van der Waals surface area (Å²) in [7, 11) is 0. The van der Waals surface area contributed by atoms with Crippen LogP contribution < -0.4 is 56.8 Å². The van der Waals surface area contributed by atoms with Crippen LogP contribution in [0.15, 0.2) is 109 Å². The van der Waals surface area contributed by atoms with Crippen LogP contribution in [0.2, 0.25) is 0 Å². The van der Waals surface area contributed by atoms with Gasteiger partial charge < -0.3 is 56.8 Å². The van der Waals surface area contributed by atoms with Gasteiger partial charge in [0, 0.05) is 50.1 Å². The highest BCUT2D eigenvalue weighted by atomic mass is 16.5. The molecule has 0 unspecified atom stereocenters. The third kappa shape index (κ3) is 49.5. The van der Waals surface area contributed by atoms with Crippen LogP contribution in [0, 0.1) is 35.5 Å². The van der Waals surface area contributed by atoms with Crippen LogP contribution in [0.5, 0.6) is 69.0 Å². The van der Waals surface area contributed by atoms with Crippen molar-refractivity contribution in [2.75, 3.05) is 79.3 Å². The molecule has 0 N–H and O–H groups in total. The van der Waals surface area contributed by atoms with Crippen LogP contribution in [0.4, 0.5) is 0 Å². The molecule has 0 fully saturated rings. The Balaban J connectivity index is 1.73. The maximum atomic E-state index is 7.08. The average molecular weight is 1980 g/mol. The van der Waals surface area contributed by atoms with Crippen LogP contribution in [0.3, 0.4) is 0 Å². The van der Waals surface area contributed by atoms with E-state index in [9.17, 15) is 0 Å². The number of benzene rings is 7. The highest BCUT2D eigenvalue weighted by molar-refractivity contribution is 5.99. The Bertz CT molecular complexity index is 4210. The zero-order valence-corrected chi connectivity index (χ0v) is 93.2. The van der Waals surface area contributed by atoms with E-state index in [4.69, 9.17) is 56.8 Å². The molecule has 7 rings (SSSR count). The third-order valence-corrected chi connectivity index (χ3v) is 27.1. The molecule has 0 atom stereocenters. The SMILES string of the molecule is CCCCCCCCCCOc1ccc(C#Cc2c(-c3ccc(OCCCC)c(OCCCC)c3)c(C#Cc3ccc(OCCCCCCCCCC)c(OCCCCCCCCCC)c3)c(-c3ccc(OCCCC)c(OCCCC)c3)c(C#Cc3ccc(OCCCCCCCCCC)c(OCCCCCCCCCC)c3)c2-c2ccc(OCCCC)c(OCCCC)c2)cc1OCCCCCCCCCC. The fraction of sp³-hybridized carbons (Fsp3) is 0.636. The quantitative estimate of drug-likeness (QED) is 0.0267. The van der Waals surface area contributed by atoms with E-state index in [-0.39, 0.29) is 0 Å². The number of hydrogen-bond donors (Lipinski definition) is 0. The van der Waals surface area contributed by atoms with E-state index in [0.717, 1.165) is 221 Å². The normalized spacial score (nSPS) is 11.1. The standard InChI is InChI=1S/C132H198O12/c1-13-25-37-43-49-55-61-67-97-136-118-85-76-109(103-124(118)142-100-70-64-58-52-46-40-28-16-4)73-82-115-130(112-79-88-121(133-91-31-19-7)127(106-112)139-94-34-22-10)116(83-74-110-77-86-119(137-98-68-62-56-50-44-38-26-14-2)125(104-110)143-101-71-65-59-53-47-41-29-17-5)132(114-81-90-123(135-93-33-21-9)129(108-114)141-96-36-24-12)117(131(115)113-80-89-122(134-92-32-20-8)128(107-113)140-95-35-23-11)84-75-111-78-87-120(138-99-69-63-57-51-45-39-27-15-3)126(105-111)144-102-72-66-60-54-48-42-30-18-6/h76-81,85-90,103-108H,13-72,91-102H2,1-12H3. The molecule has 798 valence electrons. The lowest BCUT2D eigenvalue weighted by molar-refractivity contribution is 0.258. The maximum absolute atomic E-state index is 7.08. The van der Waals surface area contributed by atoms with Crippen molar-refractivity contribution < 1.29 is 56.8 Å². The van der Waals surface area contributed by atoms with Crippen LogP contribution in [-0.4, -0.2) is 79.3 Å². The summed E-state index contributed by atoms with van der Waals surface area (Å²) in [6, 6.07) is 38.3. The topological polar surface area (TPSA) is 111 Å². The Morgan fingerprint density at radius 1 is 0.132 bits per heavy atom. The van der Waals surface area contributed by atoms with Crippen molar-refractivity contribution in [1.29, 1.82) is 0 Å². The summed E-state index contributed by atoms with van der Waals surface area (Å²) in [6.07, 6.45) is 68.6. The van der Waals surface area contributed by atoms with Crippen LogP contribution in [0.25, 0.3) is 33.4 Å². The van der Waals surface area contributed by atoms with Crippen molar-refractivity contribution in [1.82, 2.24) is 0 Å². The fourth-order valence-electron chi connectivity index (χ4n) is 18.0. The van der Waals surface area contributed by atoms with Gasteiger partial charge in [-0.1, -0.05) is 445 Å². The lowest BCUT2D eigenvalue weighted by Crippen LogP contribution is -2.07. The summed E-state index contributed by atoms with van der Waals surface area (Å²) in [5.74, 6) is 32.2. The Morgan fingerprint density at radius 2 is 0.271 bits per heavy atom. The smallest absolute Gasteiger partial charge is 0.162 e. The van der Waals surface area contributed by atoms with E-state index in [1.54, 1.807) is 0 Å². The van der Waals surface area contributed by atoms with Gasteiger partial charge in [-0.25, -0.2) is 0 Å². The Labute approximate surface area is 879 Å². The molecule has 12 heteroatoms. The summed E-state index contributed by atoms with van der Waals surface area (Å²) in [6.45, 7) is 33.5. The lowest BCUT2D eigenvalue weighted by Gasteiger charge is -2.24. The van der Waals surface area contributed by atoms with E-state index >= 15 is 0 Å². The highest BCUT2D eigenvalue weighted by Gasteiger charge is 2.29. The second kappa shape index (κ2) is 80.9. The van der Waals surface area contributed by atoms with Gasteiger partial charge in [0.25, 0.3) is 0 Å². The summed E-state index contributed by atoms with van der Waals surface area (Å²) < 4.78 is 83.4. The molecule has 0 saturated carbocycles. The molecule has 0 spiro atoms. The minimum atomic E-state index is 0.484. The monoisotopic (exact) mass is 1980 g/mol. The second-order valence-electron chi connectivity index (χ2n) is 40.1. The van der Waals surface area contributed by atoms with Crippen molar-refractivity contribution in [3.8, 4) is 138 Å². The Morgan fingerprint density at radius 3 is 0.444 bits per heavy atom. The van der Waals surface area contributed by atoms with E-state index < -0.39 is 0 Å². The van der Waals surface area contributed by atoms with Crippen molar-refractivity contribution in [2.24, 2.45) is 0 Å². The van der Waals surface area contributed by atoms with E-state index in [1.165, 1.54) is 231 Å². The second-order valence-corrected chi connectivity index (χ2v) is 40.1. The summed E-state index contributed by atoms with van der Waals surface area (Å²) in [5, 5.41) is 0. The molecular formula is C132H198O12. The van der Waals surface area contributed by atoms with Gasteiger partial charge in [0.2, 0.25) is 0 Å². The largest absolute Gasteiger partial charge is 0.490 e. The minimum absolute atomic E-state index is 0.484. The lowest BCUT2D eigenvalue weighted by atomic mass is 9.79.